The van der Waals surface area contributed by atoms with Gasteiger partial charge < -0.3 is 11.1 Å². The third kappa shape index (κ3) is 3.68. The van der Waals surface area contributed by atoms with Crippen LogP contribution >= 0.6 is 15.9 Å². The van der Waals surface area contributed by atoms with Crippen molar-refractivity contribution in [1.29, 1.82) is 0 Å². The Bertz CT molecular complexity index is 433. The fraction of sp³-hybridized carbons (Fsp3) is 0.500. The van der Waals surface area contributed by atoms with Crippen LogP contribution in [0.15, 0.2) is 22.7 Å². The predicted molar refractivity (Wildman–Crippen MR) is 76.8 cm³/mol. The molecule has 1 aromatic rings. The van der Waals surface area contributed by atoms with E-state index in [4.69, 9.17) is 5.73 Å². The molecular weight excluding hydrogens is 298 g/mol. The average molecular weight is 316 g/mol. The number of anilines is 1. The number of hydrogen-bond acceptors (Lipinski definition) is 4. The molecule has 0 atom stereocenters. The number of rotatable bonds is 6. The molecule has 5 nitrogen and oxygen atoms in total. The summed E-state index contributed by atoms with van der Waals surface area (Å²) in [5.41, 5.74) is 6.38. The van der Waals surface area contributed by atoms with E-state index in [1.165, 1.54) is 6.07 Å². The number of benzene rings is 1. The highest BCUT2D eigenvalue weighted by atomic mass is 79.9. The van der Waals surface area contributed by atoms with Crippen LogP contribution < -0.4 is 11.1 Å². The van der Waals surface area contributed by atoms with Gasteiger partial charge in [-0.3, -0.25) is 10.1 Å². The minimum Gasteiger partial charge on any atom is -0.378 e. The SMILES string of the molecule is CCC(N)(CC)CNc1ccc(Br)cc1[N+](=O)[O-]. The maximum atomic E-state index is 11.0. The summed E-state index contributed by atoms with van der Waals surface area (Å²) in [6, 6.07) is 4.94. The number of nitrogens with one attached hydrogen (secondary N) is 1. The lowest BCUT2D eigenvalue weighted by molar-refractivity contribution is -0.384. The maximum absolute atomic E-state index is 11.0. The molecule has 6 heteroatoms. The van der Waals surface area contributed by atoms with Gasteiger partial charge in [-0.25, -0.2) is 0 Å². The molecule has 0 aliphatic heterocycles. The van der Waals surface area contributed by atoms with Crippen molar-refractivity contribution in [3.8, 4) is 0 Å². The topological polar surface area (TPSA) is 81.2 Å². The van der Waals surface area contributed by atoms with Gasteiger partial charge in [0.2, 0.25) is 0 Å². The van der Waals surface area contributed by atoms with E-state index in [1.807, 2.05) is 13.8 Å². The second-order valence-electron chi connectivity index (χ2n) is 4.34. The molecule has 0 aromatic heterocycles. The van der Waals surface area contributed by atoms with Gasteiger partial charge in [0.25, 0.3) is 5.69 Å². The van der Waals surface area contributed by atoms with Gasteiger partial charge in [-0.2, -0.15) is 0 Å². The summed E-state index contributed by atoms with van der Waals surface area (Å²) in [7, 11) is 0. The highest BCUT2D eigenvalue weighted by Gasteiger charge is 2.22. The molecule has 0 aliphatic carbocycles. The standard InChI is InChI=1S/C12H18BrN3O2/c1-3-12(14,4-2)8-15-10-6-5-9(13)7-11(10)16(17)18/h5-7,15H,3-4,8,14H2,1-2H3. The zero-order valence-corrected chi connectivity index (χ0v) is 12.2. The Morgan fingerprint density at radius 3 is 2.56 bits per heavy atom. The van der Waals surface area contributed by atoms with Gasteiger partial charge in [0, 0.05) is 22.6 Å². The Labute approximate surface area is 115 Å². The molecule has 0 bridgehead atoms. The van der Waals surface area contributed by atoms with Crippen LogP contribution in [0.3, 0.4) is 0 Å². The largest absolute Gasteiger partial charge is 0.378 e. The molecule has 0 spiro atoms. The van der Waals surface area contributed by atoms with E-state index in [0.29, 0.717) is 16.7 Å². The van der Waals surface area contributed by atoms with Crippen LogP contribution in [-0.4, -0.2) is 17.0 Å². The Kier molecular flexibility index (Phi) is 5.10. The highest BCUT2D eigenvalue weighted by Crippen LogP contribution is 2.28. The molecule has 1 rings (SSSR count). The maximum Gasteiger partial charge on any atom is 0.293 e. The fourth-order valence-corrected chi connectivity index (χ4v) is 1.93. The van der Waals surface area contributed by atoms with Crippen molar-refractivity contribution in [2.75, 3.05) is 11.9 Å². The monoisotopic (exact) mass is 315 g/mol. The van der Waals surface area contributed by atoms with E-state index < -0.39 is 4.92 Å². The van der Waals surface area contributed by atoms with Gasteiger partial charge in [0.1, 0.15) is 5.69 Å². The summed E-state index contributed by atoms with van der Waals surface area (Å²) in [6.45, 7) is 4.55. The van der Waals surface area contributed by atoms with Gasteiger partial charge in [0.05, 0.1) is 4.92 Å². The van der Waals surface area contributed by atoms with E-state index >= 15 is 0 Å². The zero-order chi connectivity index (χ0) is 13.8. The van der Waals surface area contributed by atoms with E-state index in [9.17, 15) is 10.1 Å². The minimum atomic E-state index is -0.400. The van der Waals surface area contributed by atoms with Crippen LogP contribution in [0, 0.1) is 10.1 Å². The summed E-state index contributed by atoms with van der Waals surface area (Å²) < 4.78 is 0.685. The molecular formula is C12H18BrN3O2. The van der Waals surface area contributed by atoms with Gasteiger partial charge >= 0.3 is 0 Å². The van der Waals surface area contributed by atoms with E-state index in [1.54, 1.807) is 12.1 Å². The molecule has 0 saturated carbocycles. The van der Waals surface area contributed by atoms with Gasteiger partial charge in [-0.1, -0.05) is 29.8 Å². The molecule has 3 N–H and O–H groups in total. The second kappa shape index (κ2) is 6.15. The van der Waals surface area contributed by atoms with Gasteiger partial charge in [0.15, 0.2) is 0 Å². The van der Waals surface area contributed by atoms with Crippen molar-refractivity contribution in [3.63, 3.8) is 0 Å². The third-order valence-electron chi connectivity index (χ3n) is 3.20. The first-order chi connectivity index (χ1) is 8.41. The number of nitro benzene ring substituents is 1. The summed E-state index contributed by atoms with van der Waals surface area (Å²) in [5, 5.41) is 14.0. The van der Waals surface area contributed by atoms with Crippen LogP contribution in [-0.2, 0) is 0 Å². The normalized spacial score (nSPS) is 11.3. The molecule has 0 amide bonds. The van der Waals surface area contributed by atoms with Crippen LogP contribution in [0.1, 0.15) is 26.7 Å². The van der Waals surface area contributed by atoms with Crippen molar-refractivity contribution in [2.45, 2.75) is 32.2 Å². The lowest BCUT2D eigenvalue weighted by Crippen LogP contribution is -2.45. The molecule has 1 aromatic carbocycles. The zero-order valence-electron chi connectivity index (χ0n) is 10.6. The Morgan fingerprint density at radius 1 is 1.44 bits per heavy atom. The van der Waals surface area contributed by atoms with Crippen molar-refractivity contribution < 1.29 is 4.92 Å². The molecule has 0 unspecified atom stereocenters. The minimum absolute atomic E-state index is 0.0546. The Balaban J connectivity index is 2.88. The molecule has 0 heterocycles. The van der Waals surface area contributed by atoms with E-state index in [2.05, 4.69) is 21.2 Å². The second-order valence-corrected chi connectivity index (χ2v) is 5.26. The molecule has 100 valence electrons. The molecule has 0 radical (unpaired) electrons. The lowest BCUT2D eigenvalue weighted by Gasteiger charge is -2.27. The smallest absolute Gasteiger partial charge is 0.293 e. The van der Waals surface area contributed by atoms with Crippen LogP contribution in [0.4, 0.5) is 11.4 Å². The Hall–Kier alpha value is -1.14. The van der Waals surface area contributed by atoms with Crippen molar-refractivity contribution in [2.24, 2.45) is 5.73 Å². The summed E-state index contributed by atoms with van der Waals surface area (Å²) in [5.74, 6) is 0. The molecule has 0 saturated heterocycles. The van der Waals surface area contributed by atoms with Gasteiger partial charge in [-0.05, 0) is 25.0 Å². The molecule has 0 fully saturated rings. The number of nitrogens with zero attached hydrogens (tertiary/aromatic N) is 1. The van der Waals surface area contributed by atoms with Crippen molar-refractivity contribution in [3.05, 3.63) is 32.8 Å². The summed E-state index contributed by atoms with van der Waals surface area (Å²) in [4.78, 5) is 10.6. The predicted octanol–water partition coefficient (Wildman–Crippen LogP) is 3.29. The van der Waals surface area contributed by atoms with E-state index in [-0.39, 0.29) is 11.2 Å². The first kappa shape index (κ1) is 14.9. The highest BCUT2D eigenvalue weighted by molar-refractivity contribution is 9.10. The van der Waals surface area contributed by atoms with Gasteiger partial charge in [-0.15, -0.1) is 0 Å². The lowest BCUT2D eigenvalue weighted by atomic mass is 9.94. The fourth-order valence-electron chi connectivity index (χ4n) is 1.58. The number of nitrogens with two attached hydrogens (primary N) is 1. The van der Waals surface area contributed by atoms with Crippen molar-refractivity contribution in [1.82, 2.24) is 0 Å². The number of halogens is 1. The quantitative estimate of drug-likeness (QED) is 0.623. The first-order valence-corrected chi connectivity index (χ1v) is 6.68. The molecule has 0 aliphatic rings. The first-order valence-electron chi connectivity index (χ1n) is 5.88. The Morgan fingerprint density at radius 2 is 2.06 bits per heavy atom. The van der Waals surface area contributed by atoms with E-state index in [0.717, 1.165) is 12.8 Å². The van der Waals surface area contributed by atoms with Crippen molar-refractivity contribution >= 4 is 27.3 Å². The number of nitro groups is 1. The summed E-state index contributed by atoms with van der Waals surface area (Å²) >= 11 is 3.23. The van der Waals surface area contributed by atoms with Crippen LogP contribution in [0.2, 0.25) is 0 Å². The van der Waals surface area contributed by atoms with Crippen LogP contribution in [0.5, 0.6) is 0 Å². The average Bonchev–Trinajstić information content (AvgIpc) is 2.36. The third-order valence-corrected chi connectivity index (χ3v) is 3.69. The number of hydrogen-bond donors (Lipinski definition) is 2. The van der Waals surface area contributed by atoms with Crippen LogP contribution in [0.25, 0.3) is 0 Å². The summed E-state index contributed by atoms with van der Waals surface area (Å²) in [6.07, 6.45) is 1.64. The molecule has 18 heavy (non-hydrogen) atoms.